The maximum absolute atomic E-state index is 10.9. The van der Waals surface area contributed by atoms with Crippen molar-refractivity contribution in [2.24, 2.45) is 7.05 Å². The number of para-hydroxylation sites is 1. The summed E-state index contributed by atoms with van der Waals surface area (Å²) in [5.41, 5.74) is 6.75. The highest BCUT2D eigenvalue weighted by Crippen LogP contribution is 2.22. The van der Waals surface area contributed by atoms with Gasteiger partial charge in [0.25, 0.3) is 0 Å². The highest BCUT2D eigenvalue weighted by Gasteiger charge is 2.10. The Balaban J connectivity index is 2.02. The van der Waals surface area contributed by atoms with E-state index in [0.717, 1.165) is 5.82 Å². The molecule has 0 spiro atoms. The molecule has 0 aliphatic rings. The van der Waals surface area contributed by atoms with E-state index in [4.69, 9.17) is 10.8 Å². The maximum atomic E-state index is 10.9. The monoisotopic (exact) mass is 261 g/mol. The van der Waals surface area contributed by atoms with Crippen molar-refractivity contribution in [3.8, 4) is 0 Å². The van der Waals surface area contributed by atoms with Gasteiger partial charge >= 0.3 is 5.97 Å². The second kappa shape index (κ2) is 5.38. The fraction of sp³-hybridized carbons (Fsp3) is 0.250. The van der Waals surface area contributed by atoms with E-state index in [1.165, 1.54) is 6.07 Å². The lowest BCUT2D eigenvalue weighted by atomic mass is 10.1. The normalized spacial score (nSPS) is 10.4. The van der Waals surface area contributed by atoms with Gasteiger partial charge in [-0.2, -0.15) is 0 Å². The molecule has 0 aliphatic carbocycles. The fourth-order valence-corrected chi connectivity index (χ4v) is 1.75. The van der Waals surface area contributed by atoms with E-state index in [0.29, 0.717) is 18.7 Å². The van der Waals surface area contributed by atoms with Gasteiger partial charge in [-0.05, 0) is 12.1 Å². The molecule has 1 aromatic carbocycles. The van der Waals surface area contributed by atoms with E-state index < -0.39 is 5.97 Å². The first-order chi connectivity index (χ1) is 9.09. The van der Waals surface area contributed by atoms with E-state index in [9.17, 15) is 4.79 Å². The van der Waals surface area contributed by atoms with Crippen molar-refractivity contribution in [1.82, 2.24) is 14.8 Å². The molecule has 7 heteroatoms. The number of carbonyl (C=O) groups is 1. The third-order valence-corrected chi connectivity index (χ3v) is 2.81. The smallest absolute Gasteiger partial charge is 0.337 e. The average molecular weight is 261 g/mol. The summed E-state index contributed by atoms with van der Waals surface area (Å²) in [6, 6.07) is 4.88. The Bertz CT molecular complexity index is 594. The summed E-state index contributed by atoms with van der Waals surface area (Å²) in [6.07, 6.45) is 2.31. The molecule has 7 nitrogen and oxygen atoms in total. The standard InChI is InChI=1S/C12H15N5O2/c1-17-7-15-16-10(17)5-6-14-9-4-2-3-8(11(9)13)12(18)19/h2-4,7,14H,5-6,13H2,1H3,(H,18,19). The Labute approximate surface area is 110 Å². The maximum Gasteiger partial charge on any atom is 0.337 e. The van der Waals surface area contributed by atoms with E-state index in [-0.39, 0.29) is 11.3 Å². The van der Waals surface area contributed by atoms with Crippen molar-refractivity contribution in [3.05, 3.63) is 35.9 Å². The molecule has 100 valence electrons. The molecule has 1 aromatic heterocycles. The molecule has 0 atom stereocenters. The van der Waals surface area contributed by atoms with Crippen LogP contribution in [0.2, 0.25) is 0 Å². The largest absolute Gasteiger partial charge is 0.478 e. The average Bonchev–Trinajstić information content (AvgIpc) is 2.77. The number of nitrogen functional groups attached to an aromatic ring is 1. The van der Waals surface area contributed by atoms with Crippen molar-refractivity contribution in [1.29, 1.82) is 0 Å². The second-order valence-corrected chi connectivity index (χ2v) is 4.11. The van der Waals surface area contributed by atoms with Crippen LogP contribution in [0.5, 0.6) is 0 Å². The first-order valence-electron chi connectivity index (χ1n) is 5.78. The molecule has 0 amide bonds. The van der Waals surface area contributed by atoms with Crippen molar-refractivity contribution in [2.75, 3.05) is 17.6 Å². The number of hydrogen-bond acceptors (Lipinski definition) is 5. The van der Waals surface area contributed by atoms with Crippen LogP contribution in [0, 0.1) is 0 Å². The van der Waals surface area contributed by atoms with E-state index in [1.807, 2.05) is 11.6 Å². The second-order valence-electron chi connectivity index (χ2n) is 4.11. The fourth-order valence-electron chi connectivity index (χ4n) is 1.75. The third kappa shape index (κ3) is 2.82. The van der Waals surface area contributed by atoms with Gasteiger partial charge in [0.05, 0.1) is 16.9 Å². The zero-order valence-corrected chi connectivity index (χ0v) is 10.5. The van der Waals surface area contributed by atoms with Crippen LogP contribution in [-0.2, 0) is 13.5 Å². The highest BCUT2D eigenvalue weighted by atomic mass is 16.4. The number of carboxylic acid groups (broad SMARTS) is 1. The molecule has 0 unspecified atom stereocenters. The van der Waals surface area contributed by atoms with Gasteiger partial charge in [0.15, 0.2) is 0 Å². The van der Waals surface area contributed by atoms with Crippen LogP contribution in [0.3, 0.4) is 0 Å². The number of anilines is 2. The Hall–Kier alpha value is -2.57. The SMILES string of the molecule is Cn1cnnc1CCNc1cccc(C(=O)O)c1N. The Morgan fingerprint density at radius 3 is 2.95 bits per heavy atom. The molecule has 1 heterocycles. The van der Waals surface area contributed by atoms with Crippen molar-refractivity contribution in [2.45, 2.75) is 6.42 Å². The van der Waals surface area contributed by atoms with E-state index >= 15 is 0 Å². The quantitative estimate of drug-likeness (QED) is 0.686. The number of rotatable bonds is 5. The Morgan fingerprint density at radius 1 is 1.53 bits per heavy atom. The molecule has 2 rings (SSSR count). The van der Waals surface area contributed by atoms with Crippen LogP contribution in [-0.4, -0.2) is 32.4 Å². The molecule has 0 saturated carbocycles. The molecule has 0 radical (unpaired) electrons. The van der Waals surface area contributed by atoms with Crippen molar-refractivity contribution < 1.29 is 9.90 Å². The topological polar surface area (TPSA) is 106 Å². The van der Waals surface area contributed by atoms with Gasteiger partial charge in [0.1, 0.15) is 12.2 Å². The summed E-state index contributed by atoms with van der Waals surface area (Å²) in [5, 5.41) is 19.8. The number of nitrogens with one attached hydrogen (secondary N) is 1. The highest BCUT2D eigenvalue weighted by molar-refractivity contribution is 5.97. The van der Waals surface area contributed by atoms with Crippen LogP contribution in [0.4, 0.5) is 11.4 Å². The van der Waals surface area contributed by atoms with Crippen LogP contribution in [0.1, 0.15) is 16.2 Å². The van der Waals surface area contributed by atoms with Gasteiger partial charge in [0.2, 0.25) is 0 Å². The number of aromatic carboxylic acids is 1. The lowest BCUT2D eigenvalue weighted by Gasteiger charge is -2.10. The Morgan fingerprint density at radius 2 is 2.32 bits per heavy atom. The van der Waals surface area contributed by atoms with Crippen molar-refractivity contribution in [3.63, 3.8) is 0 Å². The number of nitrogens with two attached hydrogens (primary N) is 1. The van der Waals surface area contributed by atoms with E-state index in [2.05, 4.69) is 15.5 Å². The first-order valence-corrected chi connectivity index (χ1v) is 5.78. The molecular formula is C12H15N5O2. The summed E-state index contributed by atoms with van der Waals surface area (Å²) in [6.45, 7) is 0.597. The molecular weight excluding hydrogens is 246 g/mol. The Kier molecular flexibility index (Phi) is 3.65. The minimum atomic E-state index is -1.03. The first kappa shape index (κ1) is 12.9. The number of benzene rings is 1. The molecule has 0 bridgehead atoms. The van der Waals surface area contributed by atoms with Gasteiger partial charge in [-0.15, -0.1) is 10.2 Å². The predicted molar refractivity (Wildman–Crippen MR) is 71.0 cm³/mol. The van der Waals surface area contributed by atoms with Crippen LogP contribution >= 0.6 is 0 Å². The molecule has 0 fully saturated rings. The summed E-state index contributed by atoms with van der Waals surface area (Å²) in [5.74, 6) is -0.185. The summed E-state index contributed by atoms with van der Waals surface area (Å²) >= 11 is 0. The van der Waals surface area contributed by atoms with Crippen molar-refractivity contribution >= 4 is 17.3 Å². The number of aryl methyl sites for hydroxylation is 1. The van der Waals surface area contributed by atoms with Crippen LogP contribution in [0.15, 0.2) is 24.5 Å². The number of hydrogen-bond donors (Lipinski definition) is 3. The van der Waals surface area contributed by atoms with E-state index in [1.54, 1.807) is 18.5 Å². The molecule has 19 heavy (non-hydrogen) atoms. The number of carboxylic acids is 1. The van der Waals surface area contributed by atoms with Gasteiger partial charge in [-0.3, -0.25) is 0 Å². The zero-order valence-electron chi connectivity index (χ0n) is 10.5. The van der Waals surface area contributed by atoms with Crippen LogP contribution < -0.4 is 11.1 Å². The predicted octanol–water partition coefficient (Wildman–Crippen LogP) is 0.750. The molecule has 2 aromatic rings. The van der Waals surface area contributed by atoms with Gasteiger partial charge in [-0.25, -0.2) is 4.79 Å². The number of aromatic nitrogens is 3. The summed E-state index contributed by atoms with van der Waals surface area (Å²) in [4.78, 5) is 10.9. The molecule has 4 N–H and O–H groups in total. The minimum absolute atomic E-state index is 0.101. The molecule has 0 aliphatic heterocycles. The molecule has 0 saturated heterocycles. The summed E-state index contributed by atoms with van der Waals surface area (Å²) < 4.78 is 1.83. The van der Waals surface area contributed by atoms with Gasteiger partial charge in [-0.1, -0.05) is 6.07 Å². The van der Waals surface area contributed by atoms with Gasteiger partial charge in [0, 0.05) is 20.0 Å². The lowest BCUT2D eigenvalue weighted by Crippen LogP contribution is -2.11. The zero-order chi connectivity index (χ0) is 13.8. The summed E-state index contributed by atoms with van der Waals surface area (Å²) in [7, 11) is 1.87. The minimum Gasteiger partial charge on any atom is -0.478 e. The van der Waals surface area contributed by atoms with Crippen LogP contribution in [0.25, 0.3) is 0 Å². The lowest BCUT2D eigenvalue weighted by molar-refractivity contribution is 0.0698. The third-order valence-electron chi connectivity index (χ3n) is 2.81. The number of nitrogens with zero attached hydrogens (tertiary/aromatic N) is 3. The van der Waals surface area contributed by atoms with Gasteiger partial charge < -0.3 is 20.7 Å².